The lowest BCUT2D eigenvalue weighted by atomic mass is 10.0. The number of thiol groups is 1. The van der Waals surface area contributed by atoms with Gasteiger partial charge in [0, 0.05) is 64.3 Å². The second-order valence-electron chi connectivity index (χ2n) is 17.6. The number of thioether (sulfide) groups is 1. The molecule has 2 saturated heterocycles. The molecule has 0 bridgehead atoms. The zero-order valence-corrected chi connectivity index (χ0v) is 44.3. The van der Waals surface area contributed by atoms with Crippen molar-refractivity contribution in [2.24, 2.45) is 23.3 Å². The first-order valence-electron chi connectivity index (χ1n) is 24.9. The number of rotatable bonds is 15. The maximum atomic E-state index is 11.9. The van der Waals surface area contributed by atoms with Crippen LogP contribution in [0.2, 0.25) is 0 Å². The molecule has 4 fully saturated rings. The Kier molecular flexibility index (Phi) is 39.4. The average molecular weight is 1040 g/mol. The SMILES string of the molecule is C1CCCCCCCCC1.C1CCCCCCCCC1.CCC(=O)CBr.CC[C@H](C(N)=O)N1CC(CNC(=O)CS)CC1=O.CC[C@H](C(N)=O)N1CC(CNC(=O)CSC(=O)NC)CC1=O. The predicted octanol–water partition coefficient (Wildman–Crippen LogP) is 7.59. The fourth-order valence-corrected chi connectivity index (χ4v) is 9.12. The van der Waals surface area contributed by atoms with Crippen molar-refractivity contribution < 1.29 is 38.4 Å². The van der Waals surface area contributed by atoms with Gasteiger partial charge in [-0.3, -0.25) is 38.4 Å². The van der Waals surface area contributed by atoms with Crippen molar-refractivity contribution >= 4 is 86.8 Å². The van der Waals surface area contributed by atoms with E-state index in [4.69, 9.17) is 11.5 Å². The zero-order chi connectivity index (χ0) is 49.5. The molecule has 0 radical (unpaired) electrons. The number of carbonyl (C=O) groups excluding carboxylic acids is 8. The van der Waals surface area contributed by atoms with Crippen LogP contribution >= 0.6 is 40.3 Å². The average Bonchev–Trinajstić information content (AvgIpc) is 3.88. The van der Waals surface area contributed by atoms with Gasteiger partial charge in [-0.05, 0) is 12.8 Å². The molecule has 4 atom stereocenters. The number of likely N-dealkylation sites (tertiary alicyclic amines) is 2. The second-order valence-corrected chi connectivity index (χ2v) is 19.4. The lowest BCUT2D eigenvalue weighted by Gasteiger charge is -2.24. The molecule has 2 heterocycles. The molecule has 2 saturated carbocycles. The van der Waals surface area contributed by atoms with E-state index >= 15 is 0 Å². The first-order valence-corrected chi connectivity index (χ1v) is 27.7. The molecule has 0 aromatic rings. The van der Waals surface area contributed by atoms with Crippen LogP contribution in [0.5, 0.6) is 0 Å². The Hall–Kier alpha value is -2.86. The summed E-state index contributed by atoms with van der Waals surface area (Å²) in [5, 5.41) is 8.03. The number of hydrogen-bond donors (Lipinski definition) is 6. The summed E-state index contributed by atoms with van der Waals surface area (Å²) in [5.41, 5.74) is 10.6. The van der Waals surface area contributed by atoms with Gasteiger partial charge in [-0.15, -0.1) is 0 Å². The first-order chi connectivity index (χ1) is 31.7. The lowest BCUT2D eigenvalue weighted by Crippen LogP contribution is -2.45. The summed E-state index contributed by atoms with van der Waals surface area (Å²) >= 11 is 7.76. The van der Waals surface area contributed by atoms with E-state index in [1.165, 1.54) is 145 Å². The number of carbonyl (C=O) groups is 8. The molecule has 0 spiro atoms. The molecule has 2 aliphatic heterocycles. The standard InChI is InChI=1S/C13H22N4O4S.C11H19N3O3S.2C10H20.C4H7BrO/c1-3-9(12(14)20)17-6-8(4-11(17)19)5-16-10(18)7-22-13(21)15-2;1-2-8(11(12)17)14-5-7(3-10(14)16)4-13-9(15)6-18;2*1-2-4-6-8-10-9-7-5-3-1;1-2-4(6)3-5/h8-9H,3-7H2,1-2H3,(H2,14,20)(H,15,21)(H,16,18);7-8,18H,2-6H2,1H3,(H2,12,17)(H,13,15);2*1-10H2;2-3H2,1H3/t8?,9-;7?,8-;;;/m11.../s1. The highest BCUT2D eigenvalue weighted by molar-refractivity contribution is 9.09. The first kappa shape index (κ1) is 63.1. The summed E-state index contributed by atoms with van der Waals surface area (Å²) in [6.45, 7) is 7.10. The molecule has 382 valence electrons. The molecule has 66 heavy (non-hydrogen) atoms. The number of nitrogens with two attached hydrogens (primary N) is 2. The number of ketones is 1. The van der Waals surface area contributed by atoms with Crippen LogP contribution in [0.15, 0.2) is 0 Å². The number of hydrogen-bond acceptors (Lipinski definition) is 10. The van der Waals surface area contributed by atoms with E-state index in [2.05, 4.69) is 44.5 Å². The third-order valence-corrected chi connectivity index (χ3v) is 13.8. The topological polar surface area (TPSA) is 231 Å². The van der Waals surface area contributed by atoms with Crippen LogP contribution < -0.4 is 27.4 Å². The number of nitrogens with one attached hydrogen (secondary N) is 3. The largest absolute Gasteiger partial charge is 0.368 e. The van der Waals surface area contributed by atoms with E-state index in [0.717, 1.165) is 11.8 Å². The van der Waals surface area contributed by atoms with Gasteiger partial charge in [0.15, 0.2) is 0 Å². The minimum absolute atomic E-state index is 0.0307. The quantitative estimate of drug-likeness (QED) is 0.0700. The Morgan fingerprint density at radius 2 is 0.939 bits per heavy atom. The van der Waals surface area contributed by atoms with Gasteiger partial charge in [0.1, 0.15) is 17.9 Å². The normalized spacial score (nSPS) is 20.0. The maximum Gasteiger partial charge on any atom is 0.279 e. The highest BCUT2D eigenvalue weighted by Crippen LogP contribution is 2.23. The monoisotopic (exact) mass is 1030 g/mol. The molecule has 2 unspecified atom stereocenters. The van der Waals surface area contributed by atoms with Gasteiger partial charge in [0.2, 0.25) is 35.4 Å². The number of alkyl halides is 1. The Labute approximate surface area is 415 Å². The second kappa shape index (κ2) is 41.1. The van der Waals surface area contributed by atoms with E-state index in [0.29, 0.717) is 57.2 Å². The zero-order valence-electron chi connectivity index (χ0n) is 41.0. The Morgan fingerprint density at radius 1 is 0.621 bits per heavy atom. The van der Waals surface area contributed by atoms with Crippen molar-refractivity contribution in [3.63, 3.8) is 0 Å². The Balaban J connectivity index is 0.000000855. The lowest BCUT2D eigenvalue weighted by molar-refractivity contribution is -0.136. The van der Waals surface area contributed by atoms with Crippen molar-refractivity contribution in [2.45, 2.75) is 193 Å². The van der Waals surface area contributed by atoms with E-state index in [1.54, 1.807) is 6.92 Å². The third kappa shape index (κ3) is 31.2. The van der Waals surface area contributed by atoms with Crippen molar-refractivity contribution in [2.75, 3.05) is 50.1 Å². The molecule has 0 aromatic carbocycles. The summed E-state index contributed by atoms with van der Waals surface area (Å²) in [6.07, 6.45) is 32.3. The van der Waals surface area contributed by atoms with Crippen molar-refractivity contribution in [3.05, 3.63) is 0 Å². The van der Waals surface area contributed by atoms with E-state index in [1.807, 2.05) is 13.8 Å². The Morgan fingerprint density at radius 3 is 1.17 bits per heavy atom. The summed E-state index contributed by atoms with van der Waals surface area (Å²) in [6, 6.07) is -1.12. The number of amides is 7. The van der Waals surface area contributed by atoms with Gasteiger partial charge in [-0.1, -0.05) is 177 Å². The smallest absolute Gasteiger partial charge is 0.279 e. The Bertz CT molecular complexity index is 1320. The molecule has 2 aliphatic carbocycles. The molecular weight excluding hydrogens is 947 g/mol. The number of primary amides is 2. The molecule has 7 amide bonds. The molecule has 15 nitrogen and oxygen atoms in total. The minimum Gasteiger partial charge on any atom is -0.368 e. The van der Waals surface area contributed by atoms with Crippen LogP contribution in [0.25, 0.3) is 0 Å². The molecule has 18 heteroatoms. The summed E-state index contributed by atoms with van der Waals surface area (Å²) in [4.78, 5) is 93.1. The van der Waals surface area contributed by atoms with Gasteiger partial charge in [-0.2, -0.15) is 12.6 Å². The van der Waals surface area contributed by atoms with Gasteiger partial charge < -0.3 is 37.2 Å². The molecule has 4 rings (SSSR count). The number of halogens is 1. The van der Waals surface area contributed by atoms with Crippen molar-refractivity contribution in [1.29, 1.82) is 0 Å². The minimum atomic E-state index is -0.586. The van der Waals surface area contributed by atoms with Gasteiger partial charge in [0.25, 0.3) is 5.24 Å². The highest BCUT2D eigenvalue weighted by atomic mass is 79.9. The van der Waals surface area contributed by atoms with Crippen LogP contribution in [0.4, 0.5) is 4.79 Å². The fourth-order valence-electron chi connectivity index (χ4n) is 8.10. The van der Waals surface area contributed by atoms with E-state index in [9.17, 15) is 38.4 Å². The van der Waals surface area contributed by atoms with Crippen molar-refractivity contribution in [1.82, 2.24) is 25.8 Å². The van der Waals surface area contributed by atoms with Gasteiger partial charge in [-0.25, -0.2) is 0 Å². The molecule has 4 aliphatic rings. The van der Waals surface area contributed by atoms with E-state index in [-0.39, 0.29) is 64.4 Å². The summed E-state index contributed by atoms with van der Waals surface area (Å²) in [7, 11) is 1.49. The number of Topliss-reactive ketones (excluding diaryl/α,β-unsaturated/α-hetero) is 1. The summed E-state index contributed by atoms with van der Waals surface area (Å²) in [5.74, 6) is -1.21. The van der Waals surface area contributed by atoms with Crippen LogP contribution in [0.1, 0.15) is 181 Å². The predicted molar refractivity (Wildman–Crippen MR) is 274 cm³/mol. The van der Waals surface area contributed by atoms with Crippen LogP contribution in [-0.2, 0) is 33.6 Å². The summed E-state index contributed by atoms with van der Waals surface area (Å²) < 4.78 is 0. The molecule has 7 N–H and O–H groups in total. The molecular formula is C48H88BrN7O8S2. The number of nitrogens with zero attached hydrogens (tertiary/aromatic N) is 2. The van der Waals surface area contributed by atoms with Gasteiger partial charge in [0.05, 0.1) is 16.8 Å². The fraction of sp³-hybridized carbons (Fsp3) is 0.833. The van der Waals surface area contributed by atoms with Crippen LogP contribution in [0.3, 0.4) is 0 Å². The molecule has 0 aromatic heterocycles. The van der Waals surface area contributed by atoms with E-state index < -0.39 is 23.9 Å². The van der Waals surface area contributed by atoms with Gasteiger partial charge >= 0.3 is 0 Å². The van der Waals surface area contributed by atoms with Crippen LogP contribution in [0, 0.1) is 11.8 Å². The highest BCUT2D eigenvalue weighted by Gasteiger charge is 2.37. The maximum absolute atomic E-state index is 11.9. The van der Waals surface area contributed by atoms with Crippen molar-refractivity contribution in [3.8, 4) is 0 Å². The van der Waals surface area contributed by atoms with Crippen LogP contribution in [-0.4, -0.2) is 118 Å². The third-order valence-electron chi connectivity index (χ3n) is 12.1.